The highest BCUT2D eigenvalue weighted by Gasteiger charge is 2.40. The summed E-state index contributed by atoms with van der Waals surface area (Å²) in [4.78, 5) is 15.8. The molecule has 0 unspecified atom stereocenters. The Kier molecular flexibility index (Phi) is 3.65. The van der Waals surface area contributed by atoms with Crippen molar-refractivity contribution in [2.75, 3.05) is 33.7 Å². The molecule has 1 atom stereocenters. The Morgan fingerprint density at radius 2 is 2.00 bits per heavy atom. The molecule has 0 aromatic carbocycles. The summed E-state index contributed by atoms with van der Waals surface area (Å²) in [6.07, 6.45) is 0.674. The third-order valence-electron chi connectivity index (χ3n) is 2.87. The van der Waals surface area contributed by atoms with E-state index in [1.54, 1.807) is 4.90 Å². The van der Waals surface area contributed by atoms with Crippen LogP contribution in [-0.4, -0.2) is 60.1 Å². The Hall–Kier alpha value is -0.610. The summed E-state index contributed by atoms with van der Waals surface area (Å²) >= 11 is 0. The fourth-order valence-electron chi connectivity index (χ4n) is 2.22. The number of carbonyl (C=O) groups is 1. The highest BCUT2D eigenvalue weighted by Crippen LogP contribution is 2.26. The maximum atomic E-state index is 12.0. The second kappa shape index (κ2) is 4.34. The molecule has 4 nitrogen and oxygen atoms in total. The summed E-state index contributed by atoms with van der Waals surface area (Å²) in [5, 5.41) is 10.3. The van der Waals surface area contributed by atoms with Crippen LogP contribution < -0.4 is 0 Å². The number of rotatable bonds is 2. The van der Waals surface area contributed by atoms with E-state index in [9.17, 15) is 9.90 Å². The molecule has 1 rings (SSSR count). The lowest BCUT2D eigenvalue weighted by molar-refractivity contribution is -0.139. The molecule has 1 fully saturated rings. The normalized spacial score (nSPS) is 26.6. The topological polar surface area (TPSA) is 43.8 Å². The molecule has 0 radical (unpaired) electrons. The van der Waals surface area contributed by atoms with E-state index in [1.165, 1.54) is 0 Å². The largest absolute Gasteiger partial charge is 0.387 e. The highest BCUT2D eigenvalue weighted by molar-refractivity contribution is 5.81. The van der Waals surface area contributed by atoms with Crippen molar-refractivity contribution < 1.29 is 9.90 Å². The van der Waals surface area contributed by atoms with E-state index in [4.69, 9.17) is 0 Å². The van der Waals surface area contributed by atoms with E-state index >= 15 is 0 Å². The van der Waals surface area contributed by atoms with Gasteiger partial charge in [0.1, 0.15) is 0 Å². The van der Waals surface area contributed by atoms with Crippen LogP contribution in [0.4, 0.5) is 0 Å². The predicted octanol–water partition coefficient (Wildman–Crippen LogP) is 0.557. The molecular weight excluding hydrogens is 204 g/mol. The lowest BCUT2D eigenvalue weighted by Gasteiger charge is -2.29. The number of amides is 1. The van der Waals surface area contributed by atoms with Gasteiger partial charge >= 0.3 is 0 Å². The molecule has 94 valence electrons. The van der Waals surface area contributed by atoms with Crippen LogP contribution in [0.1, 0.15) is 27.2 Å². The molecule has 1 aliphatic heterocycles. The van der Waals surface area contributed by atoms with Crippen molar-refractivity contribution in [3.05, 3.63) is 0 Å². The smallest absolute Gasteiger partial charge is 0.228 e. The quantitative estimate of drug-likeness (QED) is 0.751. The van der Waals surface area contributed by atoms with Crippen molar-refractivity contribution in [3.8, 4) is 0 Å². The number of nitrogens with zero attached hydrogens (tertiary/aromatic N) is 2. The zero-order valence-electron chi connectivity index (χ0n) is 11.1. The van der Waals surface area contributed by atoms with Crippen LogP contribution in [0.2, 0.25) is 0 Å². The molecule has 0 aliphatic carbocycles. The monoisotopic (exact) mass is 228 g/mol. The van der Waals surface area contributed by atoms with Gasteiger partial charge in [-0.15, -0.1) is 0 Å². The van der Waals surface area contributed by atoms with Crippen LogP contribution in [0.15, 0.2) is 0 Å². The maximum Gasteiger partial charge on any atom is 0.228 e. The van der Waals surface area contributed by atoms with Gasteiger partial charge in [-0.3, -0.25) is 4.79 Å². The van der Waals surface area contributed by atoms with Gasteiger partial charge in [-0.2, -0.15) is 0 Å². The fraction of sp³-hybridized carbons (Fsp3) is 0.917. The summed E-state index contributed by atoms with van der Waals surface area (Å²) < 4.78 is 0. The van der Waals surface area contributed by atoms with Crippen molar-refractivity contribution in [1.82, 2.24) is 9.80 Å². The Bertz CT molecular complexity index is 271. The number of likely N-dealkylation sites (N-methyl/N-ethyl adjacent to an activating group) is 1. The molecule has 0 saturated carbocycles. The van der Waals surface area contributed by atoms with Gasteiger partial charge in [0.25, 0.3) is 0 Å². The molecule has 0 aromatic heterocycles. The number of hydrogen-bond donors (Lipinski definition) is 1. The second-order valence-electron chi connectivity index (χ2n) is 6.19. The summed E-state index contributed by atoms with van der Waals surface area (Å²) in [6, 6.07) is 0. The minimum absolute atomic E-state index is 0.127. The Balaban J connectivity index is 2.62. The minimum Gasteiger partial charge on any atom is -0.387 e. The number of hydrogen-bond acceptors (Lipinski definition) is 3. The van der Waals surface area contributed by atoms with Gasteiger partial charge in [-0.05, 0) is 20.5 Å². The fourth-order valence-corrected chi connectivity index (χ4v) is 2.22. The van der Waals surface area contributed by atoms with Crippen molar-refractivity contribution in [2.45, 2.75) is 32.8 Å². The summed E-state index contributed by atoms with van der Waals surface area (Å²) in [5.41, 5.74) is -1.09. The van der Waals surface area contributed by atoms with Crippen LogP contribution >= 0.6 is 0 Å². The van der Waals surface area contributed by atoms with Crippen molar-refractivity contribution in [1.29, 1.82) is 0 Å². The summed E-state index contributed by atoms with van der Waals surface area (Å²) in [6.45, 7) is 7.48. The first-order valence-electron chi connectivity index (χ1n) is 5.81. The van der Waals surface area contributed by atoms with E-state index in [1.807, 2.05) is 39.8 Å². The summed E-state index contributed by atoms with van der Waals surface area (Å²) in [5.74, 6) is 0.127. The standard InChI is InChI=1S/C12H24N2O2/c1-11(2,3)10(15)14-7-6-12(16,9-14)8-13(4)5/h16H,6-9H2,1-5H3/t12-/m0/s1. The zero-order valence-corrected chi connectivity index (χ0v) is 11.1. The van der Waals surface area contributed by atoms with E-state index in [0.29, 0.717) is 26.1 Å². The van der Waals surface area contributed by atoms with Gasteiger partial charge in [0.15, 0.2) is 0 Å². The first-order valence-corrected chi connectivity index (χ1v) is 5.81. The molecule has 16 heavy (non-hydrogen) atoms. The van der Waals surface area contributed by atoms with Gasteiger partial charge < -0.3 is 14.9 Å². The lowest BCUT2D eigenvalue weighted by Crippen LogP contribution is -2.45. The van der Waals surface area contributed by atoms with E-state index in [2.05, 4.69) is 0 Å². The number of aliphatic hydroxyl groups is 1. The van der Waals surface area contributed by atoms with Crippen LogP contribution in [0.25, 0.3) is 0 Å². The van der Waals surface area contributed by atoms with Gasteiger partial charge in [-0.25, -0.2) is 0 Å². The average molecular weight is 228 g/mol. The van der Waals surface area contributed by atoms with E-state index in [-0.39, 0.29) is 11.3 Å². The van der Waals surface area contributed by atoms with E-state index < -0.39 is 5.60 Å². The molecule has 4 heteroatoms. The molecule has 1 amide bonds. The maximum absolute atomic E-state index is 12.0. The third-order valence-corrected chi connectivity index (χ3v) is 2.87. The van der Waals surface area contributed by atoms with E-state index in [0.717, 1.165) is 0 Å². The molecule has 0 spiro atoms. The molecule has 1 saturated heterocycles. The van der Waals surface area contributed by atoms with Gasteiger partial charge in [0, 0.05) is 18.5 Å². The zero-order chi connectivity index (χ0) is 12.6. The van der Waals surface area contributed by atoms with Crippen LogP contribution in [-0.2, 0) is 4.79 Å². The molecule has 1 N–H and O–H groups in total. The molecule has 1 aliphatic rings. The van der Waals surface area contributed by atoms with Crippen molar-refractivity contribution in [3.63, 3.8) is 0 Å². The second-order valence-corrected chi connectivity index (χ2v) is 6.19. The highest BCUT2D eigenvalue weighted by atomic mass is 16.3. The molecular formula is C12H24N2O2. The van der Waals surface area contributed by atoms with Crippen LogP contribution in [0.3, 0.4) is 0 Å². The third kappa shape index (κ3) is 3.19. The molecule has 0 aromatic rings. The van der Waals surface area contributed by atoms with Gasteiger partial charge in [0.05, 0.1) is 12.1 Å². The van der Waals surface area contributed by atoms with Crippen LogP contribution in [0, 0.1) is 5.41 Å². The Morgan fingerprint density at radius 3 is 2.44 bits per heavy atom. The average Bonchev–Trinajstić information content (AvgIpc) is 2.43. The van der Waals surface area contributed by atoms with Crippen molar-refractivity contribution >= 4 is 5.91 Å². The van der Waals surface area contributed by atoms with Gasteiger partial charge in [-0.1, -0.05) is 20.8 Å². The minimum atomic E-state index is -0.732. The Labute approximate surface area is 98.2 Å². The summed E-state index contributed by atoms with van der Waals surface area (Å²) in [7, 11) is 3.87. The number of β-amino-alcohol motifs (C(OH)–C–C–N with tert-alkyl or cyclic N) is 1. The van der Waals surface area contributed by atoms with Crippen LogP contribution in [0.5, 0.6) is 0 Å². The SMILES string of the molecule is CN(C)C[C@@]1(O)CCN(C(=O)C(C)(C)C)C1. The van der Waals surface area contributed by atoms with Crippen molar-refractivity contribution in [2.24, 2.45) is 5.41 Å². The molecule has 1 heterocycles. The predicted molar refractivity (Wildman–Crippen MR) is 64.2 cm³/mol. The number of carbonyl (C=O) groups excluding carboxylic acids is 1. The van der Waals surface area contributed by atoms with Gasteiger partial charge in [0.2, 0.25) is 5.91 Å². The first kappa shape index (κ1) is 13.5. The molecule has 0 bridgehead atoms. The first-order chi connectivity index (χ1) is 7.14. The Morgan fingerprint density at radius 1 is 1.44 bits per heavy atom. The number of likely N-dealkylation sites (tertiary alicyclic amines) is 1. The lowest BCUT2D eigenvalue weighted by atomic mass is 9.95.